The Bertz CT molecular complexity index is 170. The highest BCUT2D eigenvalue weighted by molar-refractivity contribution is 5.78. The van der Waals surface area contributed by atoms with E-state index in [2.05, 4.69) is 10.8 Å². The minimum absolute atomic E-state index is 0.111. The molecule has 5 heteroatoms. The van der Waals surface area contributed by atoms with Gasteiger partial charge >= 0.3 is 0 Å². The number of hydroxylamine groups is 1. The molecule has 0 aliphatic heterocycles. The van der Waals surface area contributed by atoms with Crippen molar-refractivity contribution in [3.8, 4) is 0 Å². The highest BCUT2D eigenvalue weighted by Gasteiger charge is 2.10. The van der Waals surface area contributed by atoms with E-state index in [1.165, 1.54) is 6.92 Å². The van der Waals surface area contributed by atoms with Crippen molar-refractivity contribution in [3.05, 3.63) is 0 Å². The second kappa shape index (κ2) is 5.54. The summed E-state index contributed by atoms with van der Waals surface area (Å²) in [5, 5.41) is 2.47. The minimum atomic E-state index is -0.279. The number of carbonyl (C=O) groups excluding carboxylic acids is 2. The third-order valence-corrected chi connectivity index (χ3v) is 1.24. The van der Waals surface area contributed by atoms with Crippen molar-refractivity contribution in [1.82, 2.24) is 10.8 Å². The lowest BCUT2D eigenvalue weighted by atomic mass is 10.2. The smallest absolute Gasteiger partial charge is 0.240 e. The summed E-state index contributed by atoms with van der Waals surface area (Å²) >= 11 is 0. The van der Waals surface area contributed by atoms with Crippen LogP contribution in [-0.2, 0) is 14.4 Å². The van der Waals surface area contributed by atoms with Gasteiger partial charge in [0.25, 0.3) is 0 Å². The maximum Gasteiger partial charge on any atom is 0.240 e. The lowest BCUT2D eigenvalue weighted by molar-refractivity contribution is -0.136. The molecule has 70 valence electrons. The van der Waals surface area contributed by atoms with Gasteiger partial charge in [-0.2, -0.15) is 0 Å². The van der Waals surface area contributed by atoms with E-state index in [0.29, 0.717) is 0 Å². The van der Waals surface area contributed by atoms with Gasteiger partial charge in [0.05, 0.1) is 12.5 Å². The highest BCUT2D eigenvalue weighted by atomic mass is 16.6. The monoisotopic (exact) mass is 174 g/mol. The molecule has 0 unspecified atom stereocenters. The molecule has 5 nitrogen and oxygen atoms in total. The second-order valence-corrected chi connectivity index (χ2v) is 2.48. The fourth-order valence-electron chi connectivity index (χ4n) is 0.590. The van der Waals surface area contributed by atoms with Crippen LogP contribution >= 0.6 is 0 Å². The van der Waals surface area contributed by atoms with Gasteiger partial charge in [-0.3, -0.25) is 14.4 Å². The first-order valence-electron chi connectivity index (χ1n) is 3.68. The molecule has 0 saturated heterocycles. The lowest BCUT2D eigenvalue weighted by Gasteiger charge is -2.09. The topological polar surface area (TPSA) is 67.4 Å². The van der Waals surface area contributed by atoms with Crippen LogP contribution in [0.5, 0.6) is 0 Å². The first-order valence-corrected chi connectivity index (χ1v) is 3.68. The van der Waals surface area contributed by atoms with Gasteiger partial charge in [0.1, 0.15) is 0 Å². The minimum Gasteiger partial charge on any atom is -0.359 e. The quantitative estimate of drug-likeness (QED) is 0.561. The van der Waals surface area contributed by atoms with Crippen molar-refractivity contribution >= 4 is 11.8 Å². The van der Waals surface area contributed by atoms with Crippen LogP contribution in [0.1, 0.15) is 13.8 Å². The van der Waals surface area contributed by atoms with Crippen LogP contribution in [0.4, 0.5) is 0 Å². The van der Waals surface area contributed by atoms with E-state index in [1.807, 2.05) is 0 Å². The van der Waals surface area contributed by atoms with Crippen molar-refractivity contribution < 1.29 is 14.4 Å². The lowest BCUT2D eigenvalue weighted by Crippen LogP contribution is -2.31. The van der Waals surface area contributed by atoms with E-state index in [1.54, 1.807) is 14.0 Å². The molecule has 0 radical (unpaired) electrons. The Morgan fingerprint density at radius 3 is 2.50 bits per heavy atom. The Morgan fingerprint density at radius 2 is 2.08 bits per heavy atom. The number of rotatable bonds is 4. The Morgan fingerprint density at radius 1 is 1.50 bits per heavy atom. The first kappa shape index (κ1) is 10.9. The number of amides is 2. The molecule has 12 heavy (non-hydrogen) atoms. The van der Waals surface area contributed by atoms with E-state index < -0.39 is 0 Å². The average Bonchev–Trinajstić information content (AvgIpc) is 2.02. The van der Waals surface area contributed by atoms with Crippen molar-refractivity contribution in [3.63, 3.8) is 0 Å². The van der Waals surface area contributed by atoms with E-state index in [0.717, 1.165) is 0 Å². The summed E-state index contributed by atoms with van der Waals surface area (Å²) in [7, 11) is 1.55. The van der Waals surface area contributed by atoms with Crippen molar-refractivity contribution in [2.24, 2.45) is 5.92 Å². The SMILES string of the molecule is CNC(=O)[C@H](C)CONC(C)=O. The predicted octanol–water partition coefficient (Wildman–Crippen LogP) is -0.564. The molecule has 0 aliphatic rings. The normalized spacial score (nSPS) is 11.9. The number of nitrogens with one attached hydrogen (secondary N) is 2. The van der Waals surface area contributed by atoms with Gasteiger partial charge in [-0.15, -0.1) is 0 Å². The van der Waals surface area contributed by atoms with Crippen LogP contribution in [0.15, 0.2) is 0 Å². The predicted molar refractivity (Wildman–Crippen MR) is 43.0 cm³/mol. The fourth-order valence-corrected chi connectivity index (χ4v) is 0.590. The largest absolute Gasteiger partial charge is 0.359 e. The fraction of sp³-hybridized carbons (Fsp3) is 0.714. The van der Waals surface area contributed by atoms with Crippen molar-refractivity contribution in [2.45, 2.75) is 13.8 Å². The van der Waals surface area contributed by atoms with E-state index >= 15 is 0 Å². The van der Waals surface area contributed by atoms with Gasteiger partial charge in [-0.25, -0.2) is 5.48 Å². The van der Waals surface area contributed by atoms with Gasteiger partial charge in [0.15, 0.2) is 0 Å². The number of carbonyl (C=O) groups is 2. The molecule has 1 atom stereocenters. The van der Waals surface area contributed by atoms with Crippen LogP contribution in [0.2, 0.25) is 0 Å². The zero-order valence-corrected chi connectivity index (χ0v) is 7.51. The van der Waals surface area contributed by atoms with Crippen LogP contribution in [-0.4, -0.2) is 25.5 Å². The maximum absolute atomic E-state index is 10.9. The molecular weight excluding hydrogens is 160 g/mol. The molecule has 0 aromatic carbocycles. The molecular formula is C7H14N2O3. The molecule has 0 saturated carbocycles. The number of hydrogen-bond acceptors (Lipinski definition) is 3. The van der Waals surface area contributed by atoms with Crippen molar-refractivity contribution in [1.29, 1.82) is 0 Å². The summed E-state index contributed by atoms with van der Waals surface area (Å²) in [6, 6.07) is 0. The standard InChI is InChI=1S/C7H14N2O3/c1-5(7(11)8-3)4-12-9-6(2)10/h5H,4H2,1-3H3,(H,8,11)(H,9,10)/t5-/m1/s1. The highest BCUT2D eigenvalue weighted by Crippen LogP contribution is 1.93. The Hall–Kier alpha value is -1.10. The molecule has 0 spiro atoms. The summed E-state index contributed by atoms with van der Waals surface area (Å²) in [5.41, 5.74) is 2.14. The van der Waals surface area contributed by atoms with Gasteiger partial charge in [0, 0.05) is 14.0 Å². The van der Waals surface area contributed by atoms with Gasteiger partial charge in [-0.1, -0.05) is 6.92 Å². The zero-order chi connectivity index (χ0) is 9.56. The molecule has 0 bridgehead atoms. The summed E-state index contributed by atoms with van der Waals surface area (Å²) in [5.74, 6) is -0.652. The molecule has 0 heterocycles. The van der Waals surface area contributed by atoms with Gasteiger partial charge < -0.3 is 5.32 Å². The summed E-state index contributed by atoms with van der Waals surface area (Å²) in [6.45, 7) is 3.23. The molecule has 2 N–H and O–H groups in total. The van der Waals surface area contributed by atoms with Crippen LogP contribution in [0, 0.1) is 5.92 Å². The van der Waals surface area contributed by atoms with Crippen molar-refractivity contribution in [2.75, 3.05) is 13.7 Å². The Kier molecular flexibility index (Phi) is 5.03. The Balaban J connectivity index is 3.50. The maximum atomic E-state index is 10.9. The first-order chi connectivity index (χ1) is 5.57. The summed E-state index contributed by atoms with van der Waals surface area (Å²) in [6.07, 6.45) is 0. The molecule has 0 aromatic rings. The summed E-state index contributed by atoms with van der Waals surface area (Å²) < 4.78 is 0. The average molecular weight is 174 g/mol. The second-order valence-electron chi connectivity index (χ2n) is 2.48. The summed E-state index contributed by atoms with van der Waals surface area (Å²) in [4.78, 5) is 25.9. The number of hydrogen-bond donors (Lipinski definition) is 2. The van der Waals surface area contributed by atoms with Gasteiger partial charge in [-0.05, 0) is 0 Å². The van der Waals surface area contributed by atoms with Gasteiger partial charge in [0.2, 0.25) is 11.8 Å². The molecule has 0 rings (SSSR count). The molecule has 0 fully saturated rings. The van der Waals surface area contributed by atoms with E-state index in [4.69, 9.17) is 4.84 Å². The molecule has 0 aliphatic carbocycles. The third kappa shape index (κ3) is 4.68. The van der Waals surface area contributed by atoms with E-state index in [9.17, 15) is 9.59 Å². The van der Waals surface area contributed by atoms with Crippen LogP contribution < -0.4 is 10.8 Å². The third-order valence-electron chi connectivity index (χ3n) is 1.24. The van der Waals surface area contributed by atoms with Crippen LogP contribution in [0.25, 0.3) is 0 Å². The van der Waals surface area contributed by atoms with E-state index in [-0.39, 0.29) is 24.3 Å². The molecule has 2 amide bonds. The molecule has 0 aromatic heterocycles. The Labute approximate surface area is 71.4 Å². The van der Waals surface area contributed by atoms with Crippen LogP contribution in [0.3, 0.4) is 0 Å². The zero-order valence-electron chi connectivity index (χ0n) is 7.51.